The molecule has 0 aromatic heterocycles. The van der Waals surface area contributed by atoms with E-state index in [1.807, 2.05) is 18.2 Å². The van der Waals surface area contributed by atoms with Crippen LogP contribution in [0.5, 0.6) is 0 Å². The number of hydrogen-bond acceptors (Lipinski definition) is 2. The predicted molar refractivity (Wildman–Crippen MR) is 77.8 cm³/mol. The van der Waals surface area contributed by atoms with Gasteiger partial charge in [0.15, 0.2) is 0 Å². The van der Waals surface area contributed by atoms with Crippen LogP contribution in [-0.2, 0) is 11.3 Å². The van der Waals surface area contributed by atoms with Crippen LogP contribution in [0.2, 0.25) is 0 Å². The molecule has 2 nitrogen and oxygen atoms in total. The van der Waals surface area contributed by atoms with Crippen molar-refractivity contribution in [1.29, 1.82) is 0 Å². The summed E-state index contributed by atoms with van der Waals surface area (Å²) < 4.78 is 5.96. The van der Waals surface area contributed by atoms with Crippen LogP contribution in [-0.4, -0.2) is 17.3 Å². The molecule has 19 heavy (non-hydrogen) atoms. The summed E-state index contributed by atoms with van der Waals surface area (Å²) in [4.78, 5) is 0. The lowest BCUT2D eigenvalue weighted by Crippen LogP contribution is -2.39. The van der Waals surface area contributed by atoms with Crippen LogP contribution in [0, 0.1) is 11.3 Å². The molecule has 1 aliphatic rings. The fraction of sp³-hybridized carbons (Fsp3) is 0.647. The fourth-order valence-corrected chi connectivity index (χ4v) is 2.86. The first kappa shape index (κ1) is 14.5. The molecule has 106 valence electrons. The predicted octanol–water partition coefficient (Wildman–Crippen LogP) is 3.78. The molecule has 0 radical (unpaired) electrons. The van der Waals surface area contributed by atoms with Crippen LogP contribution in [0.3, 0.4) is 0 Å². The molecule has 0 bridgehead atoms. The van der Waals surface area contributed by atoms with E-state index in [4.69, 9.17) is 4.74 Å². The number of aliphatic hydroxyl groups is 1. The molecule has 0 spiro atoms. The van der Waals surface area contributed by atoms with Gasteiger partial charge < -0.3 is 9.84 Å². The summed E-state index contributed by atoms with van der Waals surface area (Å²) >= 11 is 0. The molecular formula is C17H26O2. The van der Waals surface area contributed by atoms with Gasteiger partial charge in [-0.05, 0) is 36.2 Å². The van der Waals surface area contributed by atoms with Crippen LogP contribution in [0.1, 0.15) is 45.6 Å². The Labute approximate surface area is 116 Å². The molecule has 1 aromatic carbocycles. The number of rotatable bonds is 3. The zero-order chi connectivity index (χ0) is 13.9. The van der Waals surface area contributed by atoms with Crippen molar-refractivity contribution in [3.63, 3.8) is 0 Å². The summed E-state index contributed by atoms with van der Waals surface area (Å²) in [6, 6.07) is 10.2. The van der Waals surface area contributed by atoms with Gasteiger partial charge in [-0.15, -0.1) is 0 Å². The lowest BCUT2D eigenvalue weighted by molar-refractivity contribution is -0.0903. The van der Waals surface area contributed by atoms with Gasteiger partial charge >= 0.3 is 0 Å². The Morgan fingerprint density at radius 1 is 1.16 bits per heavy atom. The monoisotopic (exact) mass is 262 g/mol. The van der Waals surface area contributed by atoms with Gasteiger partial charge in [-0.25, -0.2) is 0 Å². The highest BCUT2D eigenvalue weighted by atomic mass is 16.5. The van der Waals surface area contributed by atoms with Gasteiger partial charge in [0, 0.05) is 0 Å². The first-order valence-corrected chi connectivity index (χ1v) is 7.30. The number of hydrogen-bond donors (Lipinski definition) is 1. The molecule has 1 saturated carbocycles. The van der Waals surface area contributed by atoms with E-state index in [0.29, 0.717) is 17.9 Å². The highest BCUT2D eigenvalue weighted by molar-refractivity contribution is 5.13. The van der Waals surface area contributed by atoms with Crippen LogP contribution >= 0.6 is 0 Å². The molecule has 0 heterocycles. The van der Waals surface area contributed by atoms with E-state index >= 15 is 0 Å². The smallest absolute Gasteiger partial charge is 0.0841 e. The van der Waals surface area contributed by atoms with Crippen LogP contribution in [0.15, 0.2) is 30.3 Å². The first-order valence-electron chi connectivity index (χ1n) is 7.30. The summed E-state index contributed by atoms with van der Waals surface area (Å²) in [6.07, 6.45) is 2.62. The van der Waals surface area contributed by atoms with Crippen molar-refractivity contribution in [2.75, 3.05) is 0 Å². The number of benzene rings is 1. The minimum absolute atomic E-state index is 0.0156. The van der Waals surface area contributed by atoms with Crippen molar-refractivity contribution < 1.29 is 9.84 Å². The highest BCUT2D eigenvalue weighted by Gasteiger charge is 2.35. The summed E-state index contributed by atoms with van der Waals surface area (Å²) in [5.41, 5.74) is 1.47. The Kier molecular flexibility index (Phi) is 4.64. The van der Waals surface area contributed by atoms with Crippen molar-refractivity contribution in [2.24, 2.45) is 11.3 Å². The molecule has 0 amide bonds. The zero-order valence-corrected chi connectivity index (χ0v) is 12.3. The van der Waals surface area contributed by atoms with E-state index in [9.17, 15) is 5.11 Å². The largest absolute Gasteiger partial charge is 0.390 e. The van der Waals surface area contributed by atoms with Crippen LogP contribution in [0.4, 0.5) is 0 Å². The van der Waals surface area contributed by atoms with E-state index < -0.39 is 0 Å². The highest BCUT2D eigenvalue weighted by Crippen LogP contribution is 2.39. The second-order valence-corrected chi connectivity index (χ2v) is 6.78. The quantitative estimate of drug-likeness (QED) is 0.898. The minimum Gasteiger partial charge on any atom is -0.390 e. The molecule has 1 fully saturated rings. The van der Waals surface area contributed by atoms with Gasteiger partial charge in [0.25, 0.3) is 0 Å². The minimum atomic E-state index is -0.303. The number of aliphatic hydroxyl groups excluding tert-OH is 1. The molecular weight excluding hydrogens is 236 g/mol. The third-order valence-corrected chi connectivity index (χ3v) is 4.29. The normalized spacial score (nSPS) is 28.3. The molecule has 3 atom stereocenters. The van der Waals surface area contributed by atoms with E-state index in [2.05, 4.69) is 32.9 Å². The first-order chi connectivity index (χ1) is 8.97. The van der Waals surface area contributed by atoms with E-state index in [1.165, 1.54) is 5.56 Å². The molecule has 2 rings (SSSR count). The standard InChI is InChI=1S/C17H26O2/c1-17(2,3)14-9-10-15(18)16(11-14)19-12-13-7-5-4-6-8-13/h4-8,14-16,18H,9-12H2,1-3H3. The van der Waals surface area contributed by atoms with Crippen molar-refractivity contribution >= 4 is 0 Å². The third-order valence-electron chi connectivity index (χ3n) is 4.29. The van der Waals surface area contributed by atoms with Gasteiger partial charge in [0.1, 0.15) is 0 Å². The SMILES string of the molecule is CC(C)(C)C1CCC(O)C(OCc2ccccc2)C1. The maximum Gasteiger partial charge on any atom is 0.0841 e. The summed E-state index contributed by atoms with van der Waals surface area (Å²) in [5, 5.41) is 10.1. The summed E-state index contributed by atoms with van der Waals surface area (Å²) in [7, 11) is 0. The maximum atomic E-state index is 10.1. The summed E-state index contributed by atoms with van der Waals surface area (Å²) in [6.45, 7) is 7.44. The maximum absolute atomic E-state index is 10.1. The van der Waals surface area contributed by atoms with Crippen molar-refractivity contribution in [3.05, 3.63) is 35.9 Å². The molecule has 3 unspecified atom stereocenters. The fourth-order valence-electron chi connectivity index (χ4n) is 2.86. The van der Waals surface area contributed by atoms with Crippen molar-refractivity contribution in [2.45, 2.75) is 58.8 Å². The van der Waals surface area contributed by atoms with Gasteiger partial charge in [-0.3, -0.25) is 0 Å². The van der Waals surface area contributed by atoms with E-state index in [1.54, 1.807) is 0 Å². The Morgan fingerprint density at radius 2 is 1.84 bits per heavy atom. The molecule has 0 saturated heterocycles. The molecule has 1 aromatic rings. The third kappa shape index (κ3) is 4.05. The lowest BCUT2D eigenvalue weighted by atomic mass is 9.71. The Hall–Kier alpha value is -0.860. The summed E-state index contributed by atoms with van der Waals surface area (Å²) in [5.74, 6) is 0.636. The average molecular weight is 262 g/mol. The van der Waals surface area contributed by atoms with Gasteiger partial charge in [-0.1, -0.05) is 51.1 Å². The Morgan fingerprint density at radius 3 is 2.47 bits per heavy atom. The zero-order valence-electron chi connectivity index (χ0n) is 12.3. The van der Waals surface area contributed by atoms with E-state index in [0.717, 1.165) is 19.3 Å². The Balaban J connectivity index is 1.91. The van der Waals surface area contributed by atoms with Gasteiger partial charge in [-0.2, -0.15) is 0 Å². The molecule has 1 aliphatic carbocycles. The second-order valence-electron chi connectivity index (χ2n) is 6.78. The second kappa shape index (κ2) is 6.06. The van der Waals surface area contributed by atoms with E-state index in [-0.39, 0.29) is 12.2 Å². The molecule has 2 heteroatoms. The van der Waals surface area contributed by atoms with Gasteiger partial charge in [0.05, 0.1) is 18.8 Å². The van der Waals surface area contributed by atoms with Crippen LogP contribution in [0.25, 0.3) is 0 Å². The number of ether oxygens (including phenoxy) is 1. The van der Waals surface area contributed by atoms with Crippen LogP contribution < -0.4 is 0 Å². The topological polar surface area (TPSA) is 29.5 Å². The Bertz CT molecular complexity index is 380. The molecule has 1 N–H and O–H groups in total. The van der Waals surface area contributed by atoms with Gasteiger partial charge in [0.2, 0.25) is 0 Å². The van der Waals surface area contributed by atoms with Crippen molar-refractivity contribution in [1.82, 2.24) is 0 Å². The lowest BCUT2D eigenvalue weighted by Gasteiger charge is -2.39. The van der Waals surface area contributed by atoms with Crippen molar-refractivity contribution in [3.8, 4) is 0 Å². The average Bonchev–Trinajstić information content (AvgIpc) is 2.37. The molecule has 0 aliphatic heterocycles.